The number of nitrogens with one attached hydrogen (secondary N) is 1. The van der Waals surface area contributed by atoms with Gasteiger partial charge in [0.2, 0.25) is 5.91 Å². The molecule has 0 aliphatic rings. The number of aryl methyl sites for hydroxylation is 1. The van der Waals surface area contributed by atoms with E-state index in [9.17, 15) is 4.79 Å². The summed E-state index contributed by atoms with van der Waals surface area (Å²) in [6.07, 6.45) is 6.15. The first-order valence-corrected chi connectivity index (χ1v) is 5.07. The van der Waals surface area contributed by atoms with Crippen LogP contribution in [-0.2, 0) is 11.3 Å². The third-order valence-corrected chi connectivity index (χ3v) is 1.92. The standard InChI is InChI=1S/C10H17N3O/c1-2-5-10(14)11-6-3-8-13-9-4-7-12-13/h4,7,9H,2-3,5-6,8H2,1H3,(H,11,14). The molecule has 0 saturated carbocycles. The van der Waals surface area contributed by atoms with E-state index in [0.717, 1.165) is 25.9 Å². The maximum Gasteiger partial charge on any atom is 0.219 e. The third kappa shape index (κ3) is 4.07. The second-order valence-corrected chi connectivity index (χ2v) is 3.22. The van der Waals surface area contributed by atoms with E-state index in [4.69, 9.17) is 0 Å². The number of hydrogen-bond acceptors (Lipinski definition) is 2. The molecule has 0 bridgehead atoms. The summed E-state index contributed by atoms with van der Waals surface area (Å²) in [5.74, 6) is 0.146. The van der Waals surface area contributed by atoms with Gasteiger partial charge in [0, 0.05) is 31.9 Å². The third-order valence-electron chi connectivity index (χ3n) is 1.92. The summed E-state index contributed by atoms with van der Waals surface area (Å²) in [6, 6.07) is 1.90. The Labute approximate surface area is 84.3 Å². The summed E-state index contributed by atoms with van der Waals surface area (Å²) >= 11 is 0. The van der Waals surface area contributed by atoms with E-state index in [1.165, 1.54) is 0 Å². The molecule has 0 fully saturated rings. The van der Waals surface area contributed by atoms with E-state index in [2.05, 4.69) is 10.4 Å². The molecule has 14 heavy (non-hydrogen) atoms. The minimum atomic E-state index is 0.146. The van der Waals surface area contributed by atoms with Crippen LogP contribution in [0.3, 0.4) is 0 Å². The van der Waals surface area contributed by atoms with Crippen LogP contribution in [0.4, 0.5) is 0 Å². The summed E-state index contributed by atoms with van der Waals surface area (Å²) in [6.45, 7) is 3.60. The largest absolute Gasteiger partial charge is 0.356 e. The minimum Gasteiger partial charge on any atom is -0.356 e. The topological polar surface area (TPSA) is 46.9 Å². The number of amides is 1. The molecule has 0 radical (unpaired) electrons. The van der Waals surface area contributed by atoms with Gasteiger partial charge in [-0.1, -0.05) is 6.92 Å². The molecule has 1 amide bonds. The molecule has 0 unspecified atom stereocenters. The van der Waals surface area contributed by atoms with Gasteiger partial charge in [-0.05, 0) is 18.9 Å². The van der Waals surface area contributed by atoms with Crippen LogP contribution in [0.1, 0.15) is 26.2 Å². The Hall–Kier alpha value is -1.32. The Bertz CT molecular complexity index is 256. The first-order chi connectivity index (χ1) is 6.83. The lowest BCUT2D eigenvalue weighted by molar-refractivity contribution is -0.121. The van der Waals surface area contributed by atoms with Crippen molar-refractivity contribution in [2.45, 2.75) is 32.7 Å². The highest BCUT2D eigenvalue weighted by molar-refractivity contribution is 5.75. The molecule has 0 saturated heterocycles. The molecular formula is C10H17N3O. The summed E-state index contributed by atoms with van der Waals surface area (Å²) in [5.41, 5.74) is 0. The zero-order valence-corrected chi connectivity index (χ0v) is 8.57. The van der Waals surface area contributed by atoms with Gasteiger partial charge in [0.05, 0.1) is 0 Å². The van der Waals surface area contributed by atoms with Crippen LogP contribution in [0.2, 0.25) is 0 Å². The van der Waals surface area contributed by atoms with Crippen LogP contribution in [0.5, 0.6) is 0 Å². The molecule has 0 atom stereocenters. The highest BCUT2D eigenvalue weighted by atomic mass is 16.1. The van der Waals surface area contributed by atoms with Crippen molar-refractivity contribution in [2.24, 2.45) is 0 Å². The van der Waals surface area contributed by atoms with Crippen LogP contribution in [0.25, 0.3) is 0 Å². The molecule has 1 aromatic rings. The Morgan fingerprint density at radius 2 is 2.43 bits per heavy atom. The highest BCUT2D eigenvalue weighted by Gasteiger charge is 1.97. The molecule has 0 aliphatic carbocycles. The molecule has 1 aromatic heterocycles. The average Bonchev–Trinajstić information content (AvgIpc) is 2.65. The van der Waals surface area contributed by atoms with E-state index in [0.29, 0.717) is 6.42 Å². The Morgan fingerprint density at radius 1 is 1.57 bits per heavy atom. The molecule has 0 spiro atoms. The van der Waals surface area contributed by atoms with Gasteiger partial charge < -0.3 is 5.32 Å². The molecule has 78 valence electrons. The number of carbonyl (C=O) groups excluding carboxylic acids is 1. The van der Waals surface area contributed by atoms with Crippen molar-refractivity contribution in [2.75, 3.05) is 6.54 Å². The monoisotopic (exact) mass is 195 g/mol. The maximum atomic E-state index is 11.1. The van der Waals surface area contributed by atoms with Gasteiger partial charge in [0.15, 0.2) is 0 Å². The molecule has 0 aliphatic heterocycles. The van der Waals surface area contributed by atoms with E-state index < -0.39 is 0 Å². The molecule has 0 aromatic carbocycles. The van der Waals surface area contributed by atoms with Crippen LogP contribution in [-0.4, -0.2) is 22.2 Å². The number of nitrogens with zero attached hydrogens (tertiary/aromatic N) is 2. The Balaban J connectivity index is 2.02. The van der Waals surface area contributed by atoms with E-state index in [1.807, 2.05) is 23.9 Å². The Kier molecular flexibility index (Phi) is 4.75. The molecule has 4 nitrogen and oxygen atoms in total. The average molecular weight is 195 g/mol. The first kappa shape index (κ1) is 10.8. The zero-order chi connectivity index (χ0) is 10.2. The SMILES string of the molecule is CCCC(=O)NCCCn1cccn1. The molecule has 1 heterocycles. The summed E-state index contributed by atoms with van der Waals surface area (Å²) < 4.78 is 1.87. The van der Waals surface area contributed by atoms with Crippen LogP contribution < -0.4 is 5.32 Å². The van der Waals surface area contributed by atoms with E-state index in [-0.39, 0.29) is 5.91 Å². The van der Waals surface area contributed by atoms with Crippen molar-refractivity contribution < 1.29 is 4.79 Å². The van der Waals surface area contributed by atoms with Gasteiger partial charge >= 0.3 is 0 Å². The van der Waals surface area contributed by atoms with Crippen molar-refractivity contribution in [3.63, 3.8) is 0 Å². The maximum absolute atomic E-state index is 11.1. The second-order valence-electron chi connectivity index (χ2n) is 3.22. The van der Waals surface area contributed by atoms with Crippen LogP contribution in [0.15, 0.2) is 18.5 Å². The van der Waals surface area contributed by atoms with E-state index >= 15 is 0 Å². The van der Waals surface area contributed by atoms with Crippen molar-refractivity contribution in [1.29, 1.82) is 0 Å². The quantitative estimate of drug-likeness (QED) is 0.693. The number of hydrogen-bond donors (Lipinski definition) is 1. The summed E-state index contributed by atoms with van der Waals surface area (Å²) in [7, 11) is 0. The fourth-order valence-electron chi connectivity index (χ4n) is 1.22. The van der Waals surface area contributed by atoms with Gasteiger partial charge in [0.25, 0.3) is 0 Å². The summed E-state index contributed by atoms with van der Waals surface area (Å²) in [5, 5.41) is 6.94. The molecule has 4 heteroatoms. The highest BCUT2D eigenvalue weighted by Crippen LogP contribution is 1.89. The number of rotatable bonds is 6. The van der Waals surface area contributed by atoms with Gasteiger partial charge in [-0.2, -0.15) is 5.10 Å². The lowest BCUT2D eigenvalue weighted by Gasteiger charge is -2.04. The lowest BCUT2D eigenvalue weighted by atomic mass is 10.3. The first-order valence-electron chi connectivity index (χ1n) is 5.07. The smallest absolute Gasteiger partial charge is 0.219 e. The van der Waals surface area contributed by atoms with Gasteiger partial charge in [0.1, 0.15) is 0 Å². The van der Waals surface area contributed by atoms with Gasteiger partial charge in [-0.3, -0.25) is 9.48 Å². The second kappa shape index (κ2) is 6.18. The van der Waals surface area contributed by atoms with Crippen molar-refractivity contribution in [1.82, 2.24) is 15.1 Å². The predicted molar refractivity (Wildman–Crippen MR) is 54.8 cm³/mol. The van der Waals surface area contributed by atoms with Gasteiger partial charge in [-0.25, -0.2) is 0 Å². The molecule has 1 N–H and O–H groups in total. The Morgan fingerprint density at radius 3 is 3.07 bits per heavy atom. The summed E-state index contributed by atoms with van der Waals surface area (Å²) in [4.78, 5) is 11.1. The molecule has 1 rings (SSSR count). The fourth-order valence-corrected chi connectivity index (χ4v) is 1.22. The van der Waals surface area contributed by atoms with Crippen LogP contribution in [0, 0.1) is 0 Å². The van der Waals surface area contributed by atoms with Gasteiger partial charge in [-0.15, -0.1) is 0 Å². The normalized spacial score (nSPS) is 10.1. The van der Waals surface area contributed by atoms with Crippen LogP contribution >= 0.6 is 0 Å². The van der Waals surface area contributed by atoms with Crippen molar-refractivity contribution >= 4 is 5.91 Å². The van der Waals surface area contributed by atoms with Crippen molar-refractivity contribution in [3.8, 4) is 0 Å². The minimum absolute atomic E-state index is 0.146. The fraction of sp³-hybridized carbons (Fsp3) is 0.600. The van der Waals surface area contributed by atoms with Crippen molar-refractivity contribution in [3.05, 3.63) is 18.5 Å². The van der Waals surface area contributed by atoms with E-state index in [1.54, 1.807) is 6.20 Å². The number of carbonyl (C=O) groups is 1. The lowest BCUT2D eigenvalue weighted by Crippen LogP contribution is -2.24. The number of aromatic nitrogens is 2. The zero-order valence-electron chi connectivity index (χ0n) is 8.57. The predicted octanol–water partition coefficient (Wildman–Crippen LogP) is 1.19. The molecular weight excluding hydrogens is 178 g/mol.